The van der Waals surface area contributed by atoms with Gasteiger partial charge in [0.25, 0.3) is 5.92 Å². The average molecular weight is 1220 g/mol. The van der Waals surface area contributed by atoms with Crippen LogP contribution >= 0.6 is 19.4 Å². The minimum absolute atomic E-state index is 0.0703. The van der Waals surface area contributed by atoms with Gasteiger partial charge in [0, 0.05) is 47.4 Å². The number of amides is 3. The smallest absolute Gasteiger partial charge is 0.422 e. The summed E-state index contributed by atoms with van der Waals surface area (Å²) in [6.45, 7) is -2.56. The van der Waals surface area contributed by atoms with Gasteiger partial charge in [-0.15, -0.1) is 0 Å². The summed E-state index contributed by atoms with van der Waals surface area (Å²) in [6, 6.07) is 4.50. The highest BCUT2D eigenvalue weighted by molar-refractivity contribution is 7.93. The fourth-order valence-corrected chi connectivity index (χ4v) is 10.7. The second-order valence-electron chi connectivity index (χ2n) is 19.5. The number of hydrogen-bond acceptors (Lipinski definition) is 13. The molecule has 1 unspecified atom stereocenters. The van der Waals surface area contributed by atoms with Crippen molar-refractivity contribution >= 4 is 73.9 Å². The van der Waals surface area contributed by atoms with Crippen molar-refractivity contribution in [2.24, 2.45) is 17.8 Å². The highest BCUT2D eigenvalue weighted by Gasteiger charge is 2.68. The van der Waals surface area contributed by atoms with Crippen molar-refractivity contribution in [3.63, 3.8) is 0 Å². The molecule has 3 aromatic heterocycles. The SMILES string of the molecule is CC(C)(C#Cc1ccc(-c2ccc(Cl)c3c(N(C(=O)[C@H]4C[C@H]4CNC(=O)OCOP(=O)(O)O)S(C)(=O)=O)nn(CC(F)(F)F)c23)c([C@H](Cc2cc(F)cc(F)c2)NC(=O)Cn2nc(C(F)(F)F)c3c2C(F)(F)C2C[C@H]32)n1)S(C)(=O)=O. The Morgan fingerprint density at radius 1 is 0.963 bits per heavy atom. The van der Waals surface area contributed by atoms with E-state index in [0.29, 0.717) is 12.3 Å². The Hall–Kier alpha value is -6.36. The number of phosphoric acid groups is 1. The van der Waals surface area contributed by atoms with Gasteiger partial charge >= 0.3 is 26.3 Å². The zero-order chi connectivity index (χ0) is 59.2. The molecule has 80 heavy (non-hydrogen) atoms. The summed E-state index contributed by atoms with van der Waals surface area (Å²) in [4.78, 5) is 62.7. The molecule has 20 nitrogen and oxygen atoms in total. The lowest BCUT2D eigenvalue weighted by atomic mass is 9.93. The first-order chi connectivity index (χ1) is 36.8. The summed E-state index contributed by atoms with van der Waals surface area (Å²) in [6.07, 6.45) is -11.6. The van der Waals surface area contributed by atoms with E-state index < -0.39 is 193 Å². The van der Waals surface area contributed by atoms with Crippen molar-refractivity contribution in [1.29, 1.82) is 0 Å². The fraction of sp³-hybridized carbons (Fsp3) is 0.435. The minimum atomic E-state index is -5.25. The number of halogens is 11. The van der Waals surface area contributed by atoms with Crippen molar-refractivity contribution in [1.82, 2.24) is 35.2 Å². The third-order valence-corrected chi connectivity index (χ3v) is 16.9. The summed E-state index contributed by atoms with van der Waals surface area (Å²) in [5.41, 5.74) is -6.25. The Morgan fingerprint density at radius 3 is 2.21 bits per heavy atom. The van der Waals surface area contributed by atoms with Crippen LogP contribution in [0.4, 0.5) is 54.5 Å². The first kappa shape index (κ1) is 59.8. The molecule has 0 spiro atoms. The number of carbonyl (C=O) groups is 3. The third kappa shape index (κ3) is 12.7. The van der Waals surface area contributed by atoms with Gasteiger partial charge in [0.05, 0.1) is 33.9 Å². The second kappa shape index (κ2) is 20.9. The molecule has 3 heterocycles. The molecule has 3 aliphatic carbocycles. The van der Waals surface area contributed by atoms with E-state index in [0.717, 1.165) is 42.7 Å². The van der Waals surface area contributed by atoms with E-state index >= 15 is 8.78 Å². The Kier molecular flexibility index (Phi) is 15.6. The van der Waals surface area contributed by atoms with Gasteiger partial charge in [-0.3, -0.25) is 19.0 Å². The Balaban J connectivity index is 1.28. The molecule has 8 rings (SSSR count). The number of fused-ring (bicyclic) bond motifs is 4. The summed E-state index contributed by atoms with van der Waals surface area (Å²) in [7, 11) is -13.9. The van der Waals surface area contributed by atoms with Crippen LogP contribution in [0.3, 0.4) is 0 Å². The van der Waals surface area contributed by atoms with E-state index in [2.05, 4.69) is 46.9 Å². The van der Waals surface area contributed by atoms with Gasteiger partial charge < -0.3 is 25.2 Å². The maximum atomic E-state index is 15.6. The number of alkyl carbamates (subject to hydrolysis) is 1. The number of nitrogens with one attached hydrogen (secondary N) is 2. The molecule has 3 aliphatic rings. The molecule has 0 aliphatic heterocycles. The second-order valence-corrected chi connectivity index (χ2v) is 25.6. The summed E-state index contributed by atoms with van der Waals surface area (Å²) >= 11 is 6.69. The molecular weight excluding hydrogens is 1180 g/mol. The summed E-state index contributed by atoms with van der Waals surface area (Å²) in [5, 5.41) is 10.7. The number of sulfone groups is 1. The van der Waals surface area contributed by atoms with E-state index in [-0.39, 0.29) is 43.3 Å². The first-order valence-electron chi connectivity index (χ1n) is 23.2. The molecule has 4 N–H and O–H groups in total. The normalized spacial score (nSPS) is 19.1. The zero-order valence-electron chi connectivity index (χ0n) is 41.5. The third-order valence-electron chi connectivity index (χ3n) is 13.2. The predicted molar refractivity (Wildman–Crippen MR) is 259 cm³/mol. The number of hydrogen-bond donors (Lipinski definition) is 4. The summed E-state index contributed by atoms with van der Waals surface area (Å²) in [5.74, 6) is -9.71. The number of rotatable bonds is 17. The van der Waals surface area contributed by atoms with Crippen molar-refractivity contribution in [3.05, 3.63) is 93.0 Å². The number of alkyl halides is 8. The molecule has 0 radical (unpaired) electrons. The van der Waals surface area contributed by atoms with E-state index in [4.69, 9.17) is 21.4 Å². The number of carbonyl (C=O) groups excluding carboxylic acids is 3. The lowest BCUT2D eigenvalue weighted by molar-refractivity contribution is -0.143. The molecule has 2 fully saturated rings. The molecular formula is C46H42ClF10N8O12PS2. The highest BCUT2D eigenvalue weighted by Crippen LogP contribution is 2.68. The van der Waals surface area contributed by atoms with E-state index in [1.165, 1.54) is 13.8 Å². The van der Waals surface area contributed by atoms with Crippen molar-refractivity contribution < 1.29 is 98.7 Å². The van der Waals surface area contributed by atoms with Crippen LogP contribution in [0.5, 0.6) is 0 Å². The van der Waals surface area contributed by atoms with E-state index in [1.54, 1.807) is 0 Å². The maximum absolute atomic E-state index is 15.6. The first-order valence-corrected chi connectivity index (χ1v) is 28.9. The Morgan fingerprint density at radius 2 is 1.61 bits per heavy atom. The van der Waals surface area contributed by atoms with Crippen molar-refractivity contribution in [3.8, 4) is 23.0 Å². The van der Waals surface area contributed by atoms with Crippen LogP contribution in [0.15, 0.2) is 42.5 Å². The quantitative estimate of drug-likeness (QED) is 0.0315. The van der Waals surface area contributed by atoms with Crippen LogP contribution in [-0.2, 0) is 74.9 Å². The number of phosphoric ester groups is 1. The Bertz CT molecular complexity index is 3710. The highest BCUT2D eigenvalue weighted by atomic mass is 35.5. The van der Waals surface area contributed by atoms with Gasteiger partial charge in [-0.2, -0.15) is 49.6 Å². The fourth-order valence-electron chi connectivity index (χ4n) is 9.17. The largest absolute Gasteiger partial charge is 0.472 e. The lowest BCUT2D eigenvalue weighted by Gasteiger charge is -2.23. The number of benzene rings is 2. The molecule has 34 heteroatoms. The topological polar surface area (TPSA) is 271 Å². The van der Waals surface area contributed by atoms with Crippen LogP contribution < -0.4 is 14.9 Å². The van der Waals surface area contributed by atoms with Gasteiger partial charge in [0.15, 0.2) is 21.3 Å². The monoisotopic (exact) mass is 1220 g/mol. The minimum Gasteiger partial charge on any atom is -0.422 e. The maximum Gasteiger partial charge on any atom is 0.472 e. The number of anilines is 1. The molecule has 2 saturated carbocycles. The van der Waals surface area contributed by atoms with Crippen LogP contribution in [-0.4, -0.2) is 106 Å². The van der Waals surface area contributed by atoms with Gasteiger partial charge in [0.1, 0.15) is 40.9 Å². The van der Waals surface area contributed by atoms with Gasteiger partial charge in [0.2, 0.25) is 28.6 Å². The number of sulfonamides is 1. The van der Waals surface area contributed by atoms with Crippen molar-refractivity contribution in [2.45, 2.75) is 81.2 Å². The Labute approximate surface area is 451 Å². The number of nitrogens with zero attached hydrogens (tertiary/aromatic N) is 6. The zero-order valence-corrected chi connectivity index (χ0v) is 44.7. The average Bonchev–Trinajstić information content (AvgIpc) is 4.25. The van der Waals surface area contributed by atoms with Crippen LogP contribution in [0.2, 0.25) is 5.02 Å². The van der Waals surface area contributed by atoms with Crippen molar-refractivity contribution in [2.75, 3.05) is 30.2 Å². The number of aromatic nitrogens is 5. The summed E-state index contributed by atoms with van der Waals surface area (Å²) < 4.78 is 219. The van der Waals surface area contributed by atoms with Crippen LogP contribution in [0, 0.1) is 41.2 Å². The lowest BCUT2D eigenvalue weighted by Crippen LogP contribution is -2.39. The van der Waals surface area contributed by atoms with Gasteiger partial charge in [-0.1, -0.05) is 23.6 Å². The van der Waals surface area contributed by atoms with Gasteiger partial charge in [-0.25, -0.2) is 44.5 Å². The van der Waals surface area contributed by atoms with E-state index in [9.17, 15) is 70.9 Å². The van der Waals surface area contributed by atoms with Crippen LogP contribution in [0.25, 0.3) is 22.0 Å². The molecule has 2 aromatic carbocycles. The molecule has 0 saturated heterocycles. The number of ether oxygens (including phenoxy) is 1. The number of pyridine rings is 1. The van der Waals surface area contributed by atoms with Gasteiger partial charge in [-0.05, 0) is 86.8 Å². The molecule has 3 amide bonds. The molecule has 5 atom stereocenters. The predicted octanol–water partition coefficient (Wildman–Crippen LogP) is 7.01. The molecule has 432 valence electrons. The van der Waals surface area contributed by atoms with Crippen LogP contribution in [0.1, 0.15) is 72.6 Å². The molecule has 0 bridgehead atoms. The standard InChI is InChI=1S/C46H42ClF10N8O12PS2/c1-43(2,79(3,72)73)10-9-25-5-6-26(36(59-25)32(13-21-11-23(48)15-24(49)12-21)60-33(66)18-63-39-34(38(61-63)46(55,56)57)29-16-30(29)45(39,53)54)27-7-8-31(47)35-37(27)64(19-44(50,51)52)62-40(35)65(80(4,74)75)41(67)28-14-22(28)17-58-42(68)76-20-77-78(69,70)71/h5-8,11-12,15,22,28-30,32H,13-14,16-20H2,1-4H3,(H,58,68)(H,60,66)(H2,69,70,71)/t22-,28-,29-,30?,32-/m0/s1. The van der Waals surface area contributed by atoms with E-state index in [1.807, 2.05) is 0 Å². The molecule has 5 aromatic rings.